The molecule has 1 N–H and O–H groups in total. The summed E-state index contributed by atoms with van der Waals surface area (Å²) >= 11 is 6.12. The summed E-state index contributed by atoms with van der Waals surface area (Å²) in [6.45, 7) is 5.38. The van der Waals surface area contributed by atoms with Crippen LogP contribution in [0.2, 0.25) is 5.02 Å². The Balaban J connectivity index is 1.59. The van der Waals surface area contributed by atoms with E-state index in [4.69, 9.17) is 21.1 Å². The highest BCUT2D eigenvalue weighted by Gasteiger charge is 2.23. The summed E-state index contributed by atoms with van der Waals surface area (Å²) in [5, 5.41) is 3.36. The van der Waals surface area contributed by atoms with Gasteiger partial charge in [-0.25, -0.2) is 4.79 Å². The van der Waals surface area contributed by atoms with Crippen LogP contribution < -0.4 is 19.7 Å². The monoisotopic (exact) mass is 389 g/mol. The molecule has 144 valence electrons. The molecule has 2 aromatic carbocycles. The Morgan fingerprint density at radius 3 is 2.52 bits per heavy atom. The number of hydrogen-bond acceptors (Lipinski definition) is 4. The van der Waals surface area contributed by atoms with Gasteiger partial charge in [-0.2, -0.15) is 0 Å². The predicted octanol–water partition coefficient (Wildman–Crippen LogP) is 4.10. The van der Waals surface area contributed by atoms with E-state index in [9.17, 15) is 4.79 Å². The number of carbonyl (C=O) groups is 1. The van der Waals surface area contributed by atoms with Gasteiger partial charge in [-0.1, -0.05) is 23.7 Å². The Hall–Kier alpha value is -2.60. The first kappa shape index (κ1) is 19.2. The molecule has 1 aliphatic heterocycles. The normalized spacial score (nSPS) is 14.0. The van der Waals surface area contributed by atoms with Crippen molar-refractivity contribution < 1.29 is 14.3 Å². The molecule has 0 aliphatic carbocycles. The van der Waals surface area contributed by atoms with E-state index in [1.807, 2.05) is 25.1 Å². The van der Waals surface area contributed by atoms with Crippen molar-refractivity contribution in [2.45, 2.75) is 6.92 Å². The number of halogens is 1. The number of ether oxygens (including phenoxy) is 2. The first-order chi connectivity index (χ1) is 13.1. The standard InChI is InChI=1S/C20H24ClN3O3/c1-3-27-19-7-5-4-6-17(19)23-10-12-24(13-11-23)20(25)22-15-8-9-18(26-2)16(21)14-15/h4-9,14H,3,10-13H2,1-2H3,(H,22,25). The van der Waals surface area contributed by atoms with Gasteiger partial charge in [0.05, 0.1) is 24.4 Å². The molecule has 0 aromatic heterocycles. The Morgan fingerprint density at radius 2 is 1.85 bits per heavy atom. The average Bonchev–Trinajstić information content (AvgIpc) is 2.69. The second-order valence-corrected chi connectivity index (χ2v) is 6.56. The third kappa shape index (κ3) is 4.57. The number of carbonyl (C=O) groups excluding carboxylic acids is 1. The zero-order chi connectivity index (χ0) is 19.2. The summed E-state index contributed by atoms with van der Waals surface area (Å²) < 4.78 is 10.8. The molecule has 1 fully saturated rings. The van der Waals surface area contributed by atoms with Gasteiger partial charge < -0.3 is 24.6 Å². The van der Waals surface area contributed by atoms with Gasteiger partial charge in [0.1, 0.15) is 11.5 Å². The number of urea groups is 1. The molecule has 6 nitrogen and oxygen atoms in total. The maximum Gasteiger partial charge on any atom is 0.321 e. The Labute approximate surface area is 164 Å². The molecule has 0 bridgehead atoms. The first-order valence-electron chi connectivity index (χ1n) is 8.98. The van der Waals surface area contributed by atoms with Crippen LogP contribution in [-0.4, -0.2) is 50.8 Å². The number of anilines is 2. The summed E-state index contributed by atoms with van der Waals surface area (Å²) in [5.41, 5.74) is 1.72. The van der Waals surface area contributed by atoms with Gasteiger partial charge in [0, 0.05) is 31.9 Å². The van der Waals surface area contributed by atoms with E-state index < -0.39 is 0 Å². The van der Waals surface area contributed by atoms with E-state index >= 15 is 0 Å². The molecule has 27 heavy (non-hydrogen) atoms. The van der Waals surface area contributed by atoms with E-state index in [1.54, 1.807) is 30.2 Å². The third-order valence-corrected chi connectivity index (χ3v) is 4.77. The summed E-state index contributed by atoms with van der Waals surface area (Å²) in [7, 11) is 1.56. The lowest BCUT2D eigenvalue weighted by molar-refractivity contribution is 0.208. The summed E-state index contributed by atoms with van der Waals surface area (Å²) in [4.78, 5) is 16.6. The van der Waals surface area contributed by atoms with Crippen LogP contribution in [0.15, 0.2) is 42.5 Å². The van der Waals surface area contributed by atoms with Crippen molar-refractivity contribution in [2.75, 3.05) is 50.1 Å². The molecule has 2 aromatic rings. The topological polar surface area (TPSA) is 54.0 Å². The maximum atomic E-state index is 12.5. The molecule has 7 heteroatoms. The fourth-order valence-corrected chi connectivity index (χ4v) is 3.35. The zero-order valence-corrected chi connectivity index (χ0v) is 16.3. The highest BCUT2D eigenvalue weighted by molar-refractivity contribution is 6.32. The number of methoxy groups -OCH3 is 1. The number of hydrogen-bond donors (Lipinski definition) is 1. The number of para-hydroxylation sites is 2. The highest BCUT2D eigenvalue weighted by atomic mass is 35.5. The van der Waals surface area contributed by atoms with Crippen LogP contribution in [0, 0.1) is 0 Å². The van der Waals surface area contributed by atoms with E-state index in [-0.39, 0.29) is 6.03 Å². The van der Waals surface area contributed by atoms with Gasteiger partial charge in [-0.05, 0) is 37.3 Å². The Kier molecular flexibility index (Phi) is 6.29. The lowest BCUT2D eigenvalue weighted by Crippen LogP contribution is -2.50. The van der Waals surface area contributed by atoms with Crippen LogP contribution in [0.25, 0.3) is 0 Å². The minimum Gasteiger partial charge on any atom is -0.495 e. The molecule has 2 amide bonds. The van der Waals surface area contributed by atoms with Crippen molar-refractivity contribution in [3.8, 4) is 11.5 Å². The second-order valence-electron chi connectivity index (χ2n) is 6.15. The number of nitrogens with one attached hydrogen (secondary N) is 1. The average molecular weight is 390 g/mol. The van der Waals surface area contributed by atoms with Crippen LogP contribution in [0.3, 0.4) is 0 Å². The van der Waals surface area contributed by atoms with E-state index in [0.29, 0.717) is 36.2 Å². The molecule has 0 saturated carbocycles. The van der Waals surface area contributed by atoms with Crippen LogP contribution >= 0.6 is 11.6 Å². The molecule has 1 saturated heterocycles. The molecule has 0 atom stereocenters. The second kappa shape index (κ2) is 8.86. The van der Waals surface area contributed by atoms with Gasteiger partial charge in [-0.15, -0.1) is 0 Å². The summed E-state index contributed by atoms with van der Waals surface area (Å²) in [6.07, 6.45) is 0. The number of rotatable bonds is 5. The summed E-state index contributed by atoms with van der Waals surface area (Å²) in [6, 6.07) is 13.1. The van der Waals surface area contributed by atoms with Gasteiger partial charge in [0.25, 0.3) is 0 Å². The molecule has 0 spiro atoms. The molecule has 1 aliphatic rings. The molecule has 0 radical (unpaired) electrons. The van der Waals surface area contributed by atoms with Crippen LogP contribution in [-0.2, 0) is 0 Å². The van der Waals surface area contributed by atoms with E-state index in [0.717, 1.165) is 24.5 Å². The van der Waals surface area contributed by atoms with Crippen LogP contribution in [0.1, 0.15) is 6.92 Å². The summed E-state index contributed by atoms with van der Waals surface area (Å²) in [5.74, 6) is 1.46. The highest BCUT2D eigenvalue weighted by Crippen LogP contribution is 2.29. The minimum atomic E-state index is -0.131. The smallest absolute Gasteiger partial charge is 0.321 e. The molecule has 1 heterocycles. The van der Waals surface area contributed by atoms with E-state index in [2.05, 4.69) is 16.3 Å². The Bertz CT molecular complexity index is 792. The fraction of sp³-hybridized carbons (Fsp3) is 0.350. The SMILES string of the molecule is CCOc1ccccc1N1CCN(C(=O)Nc2ccc(OC)c(Cl)c2)CC1. The number of piperazine rings is 1. The number of benzene rings is 2. The van der Waals surface area contributed by atoms with Crippen molar-refractivity contribution >= 4 is 29.0 Å². The lowest BCUT2D eigenvalue weighted by atomic mass is 10.2. The van der Waals surface area contributed by atoms with E-state index in [1.165, 1.54) is 0 Å². The molecular formula is C20H24ClN3O3. The number of amides is 2. The Morgan fingerprint density at radius 1 is 1.11 bits per heavy atom. The van der Waals surface area contributed by atoms with Gasteiger partial charge in [-0.3, -0.25) is 0 Å². The zero-order valence-electron chi connectivity index (χ0n) is 15.6. The lowest BCUT2D eigenvalue weighted by Gasteiger charge is -2.36. The van der Waals surface area contributed by atoms with Gasteiger partial charge in [0.15, 0.2) is 0 Å². The molecular weight excluding hydrogens is 366 g/mol. The minimum absolute atomic E-state index is 0.131. The first-order valence-corrected chi connectivity index (χ1v) is 9.36. The van der Waals surface area contributed by atoms with Gasteiger partial charge >= 0.3 is 6.03 Å². The largest absolute Gasteiger partial charge is 0.495 e. The molecule has 0 unspecified atom stereocenters. The quantitative estimate of drug-likeness (QED) is 0.836. The van der Waals surface area contributed by atoms with Crippen molar-refractivity contribution in [3.05, 3.63) is 47.5 Å². The maximum absolute atomic E-state index is 12.5. The van der Waals surface area contributed by atoms with Gasteiger partial charge in [0.2, 0.25) is 0 Å². The van der Waals surface area contributed by atoms with Crippen molar-refractivity contribution in [2.24, 2.45) is 0 Å². The number of nitrogens with zero attached hydrogens (tertiary/aromatic N) is 2. The van der Waals surface area contributed by atoms with Crippen LogP contribution in [0.5, 0.6) is 11.5 Å². The molecule has 3 rings (SSSR count). The van der Waals surface area contributed by atoms with Crippen molar-refractivity contribution in [3.63, 3.8) is 0 Å². The van der Waals surface area contributed by atoms with Crippen LogP contribution in [0.4, 0.5) is 16.2 Å². The third-order valence-electron chi connectivity index (χ3n) is 4.48. The van der Waals surface area contributed by atoms with Crippen molar-refractivity contribution in [1.29, 1.82) is 0 Å². The van der Waals surface area contributed by atoms with Crippen molar-refractivity contribution in [1.82, 2.24) is 4.90 Å². The fourth-order valence-electron chi connectivity index (χ4n) is 3.09. The predicted molar refractivity (Wildman–Crippen MR) is 108 cm³/mol.